The number of amides is 2. The van der Waals surface area contributed by atoms with Crippen LogP contribution in [-0.4, -0.2) is 35.8 Å². The van der Waals surface area contributed by atoms with Crippen LogP contribution in [0.4, 0.5) is 4.39 Å². The lowest BCUT2D eigenvalue weighted by Gasteiger charge is -2.32. The highest BCUT2D eigenvalue weighted by atomic mass is 19.1. The fourth-order valence-corrected chi connectivity index (χ4v) is 1.82. The van der Waals surface area contributed by atoms with E-state index in [1.807, 2.05) is 0 Å². The quantitative estimate of drug-likeness (QED) is 0.783. The maximum absolute atomic E-state index is 12.7. The standard InChI is InChI=1S/C12H13FN2O2/c1-8-11(16)14-6-7-15(8)12(17)9-2-4-10(13)5-3-9/h2-5,8H,6-7H2,1H3,(H,14,16). The first-order chi connectivity index (χ1) is 8.09. The predicted octanol–water partition coefficient (Wildman–Crippen LogP) is 0.786. The van der Waals surface area contributed by atoms with E-state index in [0.717, 1.165) is 0 Å². The molecule has 1 atom stereocenters. The molecule has 1 N–H and O–H groups in total. The number of carbonyl (C=O) groups is 2. The number of benzene rings is 1. The summed E-state index contributed by atoms with van der Waals surface area (Å²) in [6, 6.07) is 4.85. The number of hydrogen-bond acceptors (Lipinski definition) is 2. The third-order valence-corrected chi connectivity index (χ3v) is 2.85. The van der Waals surface area contributed by atoms with Crippen molar-refractivity contribution in [3.63, 3.8) is 0 Å². The number of rotatable bonds is 1. The smallest absolute Gasteiger partial charge is 0.254 e. The molecule has 1 unspecified atom stereocenters. The second kappa shape index (κ2) is 4.53. The van der Waals surface area contributed by atoms with Crippen LogP contribution in [0.2, 0.25) is 0 Å². The molecule has 0 saturated carbocycles. The van der Waals surface area contributed by atoms with Gasteiger partial charge in [-0.1, -0.05) is 0 Å². The number of hydrogen-bond donors (Lipinski definition) is 1. The van der Waals surface area contributed by atoms with Gasteiger partial charge in [-0.05, 0) is 31.2 Å². The Morgan fingerprint density at radius 3 is 2.71 bits per heavy atom. The SMILES string of the molecule is CC1C(=O)NCCN1C(=O)c1ccc(F)cc1. The van der Waals surface area contributed by atoms with E-state index in [-0.39, 0.29) is 17.6 Å². The maximum Gasteiger partial charge on any atom is 0.254 e. The van der Waals surface area contributed by atoms with Gasteiger partial charge in [0.05, 0.1) is 0 Å². The van der Waals surface area contributed by atoms with Crippen LogP contribution in [0.3, 0.4) is 0 Å². The molecule has 17 heavy (non-hydrogen) atoms. The van der Waals surface area contributed by atoms with Crippen LogP contribution in [0.5, 0.6) is 0 Å². The lowest BCUT2D eigenvalue weighted by molar-refractivity contribution is -0.127. The molecule has 1 aliphatic rings. The van der Waals surface area contributed by atoms with Crippen LogP contribution in [-0.2, 0) is 4.79 Å². The number of nitrogens with zero attached hydrogens (tertiary/aromatic N) is 1. The maximum atomic E-state index is 12.7. The zero-order chi connectivity index (χ0) is 12.4. The van der Waals surface area contributed by atoms with Gasteiger partial charge < -0.3 is 10.2 Å². The van der Waals surface area contributed by atoms with Crippen LogP contribution in [0.15, 0.2) is 24.3 Å². The molecule has 1 aromatic rings. The lowest BCUT2D eigenvalue weighted by Crippen LogP contribution is -2.55. The van der Waals surface area contributed by atoms with Crippen LogP contribution < -0.4 is 5.32 Å². The molecule has 1 saturated heterocycles. The third kappa shape index (κ3) is 2.27. The van der Waals surface area contributed by atoms with E-state index in [1.54, 1.807) is 6.92 Å². The van der Waals surface area contributed by atoms with Crippen molar-refractivity contribution in [2.24, 2.45) is 0 Å². The Kier molecular flexibility index (Phi) is 3.08. The third-order valence-electron chi connectivity index (χ3n) is 2.85. The molecule has 4 nitrogen and oxygen atoms in total. The molecule has 90 valence electrons. The monoisotopic (exact) mass is 236 g/mol. The minimum atomic E-state index is -0.485. The van der Waals surface area contributed by atoms with Crippen molar-refractivity contribution in [1.29, 1.82) is 0 Å². The van der Waals surface area contributed by atoms with Gasteiger partial charge >= 0.3 is 0 Å². The van der Waals surface area contributed by atoms with E-state index in [0.29, 0.717) is 18.7 Å². The van der Waals surface area contributed by atoms with Gasteiger partial charge in [-0.25, -0.2) is 4.39 Å². The lowest BCUT2D eigenvalue weighted by atomic mass is 10.1. The zero-order valence-electron chi connectivity index (χ0n) is 9.44. The van der Waals surface area contributed by atoms with E-state index in [9.17, 15) is 14.0 Å². The molecule has 2 rings (SSSR count). The summed E-state index contributed by atoms with van der Waals surface area (Å²) < 4.78 is 12.7. The molecule has 0 spiro atoms. The first-order valence-electron chi connectivity index (χ1n) is 5.44. The van der Waals surface area contributed by atoms with Crippen molar-refractivity contribution in [3.8, 4) is 0 Å². The molecule has 1 heterocycles. The Labute approximate surface area is 98.4 Å². The van der Waals surface area contributed by atoms with Gasteiger partial charge in [0.15, 0.2) is 0 Å². The van der Waals surface area contributed by atoms with E-state index in [4.69, 9.17) is 0 Å². The first-order valence-corrected chi connectivity index (χ1v) is 5.44. The molecular formula is C12H13FN2O2. The van der Waals surface area contributed by atoms with Gasteiger partial charge in [-0.3, -0.25) is 9.59 Å². The van der Waals surface area contributed by atoms with Gasteiger partial charge in [0, 0.05) is 18.7 Å². The summed E-state index contributed by atoms with van der Waals surface area (Å²) in [6.45, 7) is 2.61. The molecule has 5 heteroatoms. The summed E-state index contributed by atoms with van der Waals surface area (Å²) >= 11 is 0. The normalized spacial score (nSPS) is 20.0. The Bertz CT molecular complexity index is 444. The minimum absolute atomic E-state index is 0.160. The summed E-state index contributed by atoms with van der Waals surface area (Å²) in [5.74, 6) is -0.787. The van der Waals surface area contributed by atoms with E-state index in [2.05, 4.69) is 5.32 Å². The number of piperazine rings is 1. The zero-order valence-corrected chi connectivity index (χ0v) is 9.44. The van der Waals surface area contributed by atoms with Gasteiger partial charge in [0.1, 0.15) is 11.9 Å². The van der Waals surface area contributed by atoms with Crippen LogP contribution >= 0.6 is 0 Å². The van der Waals surface area contributed by atoms with Crippen LogP contribution in [0.1, 0.15) is 17.3 Å². The summed E-state index contributed by atoms with van der Waals surface area (Å²) in [4.78, 5) is 25.0. The fourth-order valence-electron chi connectivity index (χ4n) is 1.82. The molecular weight excluding hydrogens is 223 g/mol. The van der Waals surface area contributed by atoms with Crippen LogP contribution in [0.25, 0.3) is 0 Å². The van der Waals surface area contributed by atoms with Gasteiger partial charge in [0.2, 0.25) is 5.91 Å². The Morgan fingerprint density at radius 2 is 2.06 bits per heavy atom. The largest absolute Gasteiger partial charge is 0.353 e. The van der Waals surface area contributed by atoms with Gasteiger partial charge in [-0.15, -0.1) is 0 Å². The Morgan fingerprint density at radius 1 is 1.41 bits per heavy atom. The average Bonchev–Trinajstić information content (AvgIpc) is 2.33. The molecule has 0 aliphatic carbocycles. The van der Waals surface area contributed by atoms with Gasteiger partial charge in [-0.2, -0.15) is 0 Å². The number of carbonyl (C=O) groups excluding carboxylic acids is 2. The predicted molar refractivity (Wildman–Crippen MR) is 59.9 cm³/mol. The first kappa shape index (κ1) is 11.6. The second-order valence-electron chi connectivity index (χ2n) is 3.97. The Hall–Kier alpha value is -1.91. The summed E-state index contributed by atoms with van der Waals surface area (Å²) in [7, 11) is 0. The van der Waals surface area contributed by atoms with Crippen molar-refractivity contribution >= 4 is 11.8 Å². The van der Waals surface area contributed by atoms with Crippen molar-refractivity contribution in [2.75, 3.05) is 13.1 Å². The second-order valence-corrected chi connectivity index (χ2v) is 3.97. The molecule has 1 aliphatic heterocycles. The topological polar surface area (TPSA) is 49.4 Å². The van der Waals surface area contributed by atoms with Crippen molar-refractivity contribution in [3.05, 3.63) is 35.6 Å². The molecule has 0 radical (unpaired) electrons. The van der Waals surface area contributed by atoms with Gasteiger partial charge in [0.25, 0.3) is 5.91 Å². The highest BCUT2D eigenvalue weighted by molar-refractivity contribution is 5.98. The van der Waals surface area contributed by atoms with E-state index in [1.165, 1.54) is 29.2 Å². The van der Waals surface area contributed by atoms with Crippen molar-refractivity contribution in [2.45, 2.75) is 13.0 Å². The number of halogens is 1. The van der Waals surface area contributed by atoms with Crippen molar-refractivity contribution < 1.29 is 14.0 Å². The highest BCUT2D eigenvalue weighted by Gasteiger charge is 2.29. The summed E-state index contributed by atoms with van der Waals surface area (Å²) in [5, 5.41) is 2.68. The fraction of sp³-hybridized carbons (Fsp3) is 0.333. The minimum Gasteiger partial charge on any atom is -0.353 e. The molecule has 1 fully saturated rings. The number of nitrogens with one attached hydrogen (secondary N) is 1. The molecule has 2 amide bonds. The summed E-state index contributed by atoms with van der Waals surface area (Å²) in [5.41, 5.74) is 0.396. The van der Waals surface area contributed by atoms with E-state index >= 15 is 0 Å². The molecule has 0 aromatic heterocycles. The average molecular weight is 236 g/mol. The van der Waals surface area contributed by atoms with E-state index < -0.39 is 6.04 Å². The Balaban J connectivity index is 2.19. The summed E-state index contributed by atoms with van der Waals surface area (Å²) in [6.07, 6.45) is 0. The molecule has 1 aromatic carbocycles. The van der Waals surface area contributed by atoms with Crippen molar-refractivity contribution in [1.82, 2.24) is 10.2 Å². The van der Waals surface area contributed by atoms with Crippen LogP contribution in [0, 0.1) is 5.82 Å². The highest BCUT2D eigenvalue weighted by Crippen LogP contribution is 2.11. The molecule has 0 bridgehead atoms.